The lowest BCUT2D eigenvalue weighted by Crippen LogP contribution is -1.99. The van der Waals surface area contributed by atoms with Crippen LogP contribution in [0.2, 0.25) is 5.02 Å². The number of rotatable bonds is 2. The van der Waals surface area contributed by atoms with Crippen molar-refractivity contribution in [3.8, 4) is 0 Å². The molecule has 0 aliphatic heterocycles. The molecule has 1 aromatic carbocycles. The molecule has 1 aromatic rings. The largest absolute Gasteiger partial charge is 0.381 e. The average Bonchev–Trinajstić information content (AvgIpc) is 2.06. The van der Waals surface area contributed by atoms with Crippen molar-refractivity contribution in [3.05, 3.63) is 46.3 Å². The highest BCUT2D eigenvalue weighted by Crippen LogP contribution is 2.16. The number of hydrogen-bond acceptors (Lipinski definition) is 1. The van der Waals surface area contributed by atoms with E-state index in [0.29, 0.717) is 5.02 Å². The van der Waals surface area contributed by atoms with E-state index >= 15 is 0 Å². The zero-order chi connectivity index (χ0) is 8.97. The molecule has 0 bridgehead atoms. The van der Waals surface area contributed by atoms with E-state index in [-0.39, 0.29) is 6.54 Å². The second kappa shape index (κ2) is 4.10. The van der Waals surface area contributed by atoms with Gasteiger partial charge in [0.15, 0.2) is 6.10 Å². The molecule has 0 radical (unpaired) electrons. The molecule has 1 rings (SSSR count). The molecule has 3 heteroatoms. The molecular weight excluding hydrogens is 174 g/mol. The van der Waals surface area contributed by atoms with E-state index in [1.807, 2.05) is 0 Å². The topological polar surface area (TPSA) is 24.6 Å². The Labute approximate surface area is 76.2 Å². The van der Waals surface area contributed by atoms with Crippen molar-refractivity contribution in [1.82, 2.24) is 0 Å². The predicted molar refractivity (Wildman–Crippen MR) is 47.9 cm³/mol. The summed E-state index contributed by atoms with van der Waals surface area (Å²) in [5.41, 5.74) is 0.732. The summed E-state index contributed by atoms with van der Waals surface area (Å²) in [4.78, 5) is 3.10. The molecular formula is C9H8ClNO. The maximum Gasteiger partial charge on any atom is 0.244 e. The maximum atomic E-state index is 9.35. The summed E-state index contributed by atoms with van der Waals surface area (Å²) in [6.07, 6.45) is -0.695. The molecule has 0 aliphatic rings. The Morgan fingerprint density at radius 1 is 1.42 bits per heavy atom. The lowest BCUT2D eigenvalue weighted by molar-refractivity contribution is 0.195. The predicted octanol–water partition coefficient (Wildman–Crippen LogP) is 2.29. The third kappa shape index (κ3) is 2.23. The van der Waals surface area contributed by atoms with Gasteiger partial charge in [-0.05, 0) is 17.7 Å². The number of aliphatic hydroxyl groups is 1. The van der Waals surface area contributed by atoms with Crippen LogP contribution in [-0.4, -0.2) is 11.7 Å². The van der Waals surface area contributed by atoms with Gasteiger partial charge in [-0.2, -0.15) is 0 Å². The molecule has 2 nitrogen and oxygen atoms in total. The zero-order valence-electron chi connectivity index (χ0n) is 6.37. The summed E-state index contributed by atoms with van der Waals surface area (Å²) in [7, 11) is 0. The van der Waals surface area contributed by atoms with Crippen molar-refractivity contribution in [2.24, 2.45) is 0 Å². The summed E-state index contributed by atoms with van der Waals surface area (Å²) in [5, 5.41) is 9.99. The van der Waals surface area contributed by atoms with Gasteiger partial charge in [0.25, 0.3) is 0 Å². The van der Waals surface area contributed by atoms with Crippen molar-refractivity contribution in [2.75, 3.05) is 6.54 Å². The monoisotopic (exact) mass is 181 g/mol. The van der Waals surface area contributed by atoms with E-state index < -0.39 is 6.10 Å². The van der Waals surface area contributed by atoms with Crippen molar-refractivity contribution < 1.29 is 5.11 Å². The summed E-state index contributed by atoms with van der Waals surface area (Å²) in [6.45, 7) is 6.66. The van der Waals surface area contributed by atoms with Crippen LogP contribution in [0, 0.1) is 6.57 Å². The molecule has 0 amide bonds. The van der Waals surface area contributed by atoms with Gasteiger partial charge in [-0.25, -0.2) is 6.57 Å². The first-order chi connectivity index (χ1) is 5.74. The molecule has 0 aliphatic carbocycles. The van der Waals surface area contributed by atoms with Crippen LogP contribution in [0.4, 0.5) is 0 Å². The Bertz CT molecular complexity index is 288. The molecule has 0 spiro atoms. The average molecular weight is 182 g/mol. The fourth-order valence-electron chi connectivity index (χ4n) is 0.877. The second-order valence-electron chi connectivity index (χ2n) is 2.41. The Balaban J connectivity index is 2.76. The SMILES string of the molecule is [C-]#[N+]CC(O)c1ccc(Cl)cc1. The quantitative estimate of drug-likeness (QED) is 0.696. The van der Waals surface area contributed by atoms with Crippen LogP contribution in [0.5, 0.6) is 0 Å². The molecule has 1 atom stereocenters. The molecule has 0 fully saturated rings. The van der Waals surface area contributed by atoms with Crippen LogP contribution in [-0.2, 0) is 0 Å². The lowest BCUT2D eigenvalue weighted by atomic mass is 10.1. The highest BCUT2D eigenvalue weighted by Gasteiger charge is 2.08. The summed E-state index contributed by atoms with van der Waals surface area (Å²) >= 11 is 5.65. The third-order valence-electron chi connectivity index (χ3n) is 1.52. The Kier molecular flexibility index (Phi) is 3.09. The van der Waals surface area contributed by atoms with Crippen LogP contribution < -0.4 is 0 Å². The first-order valence-corrected chi connectivity index (χ1v) is 3.88. The van der Waals surface area contributed by atoms with Gasteiger partial charge >= 0.3 is 0 Å². The van der Waals surface area contributed by atoms with E-state index in [1.165, 1.54) is 0 Å². The minimum atomic E-state index is -0.695. The van der Waals surface area contributed by atoms with E-state index in [9.17, 15) is 5.11 Å². The van der Waals surface area contributed by atoms with Crippen molar-refractivity contribution in [3.63, 3.8) is 0 Å². The number of nitrogens with zero attached hydrogens (tertiary/aromatic N) is 1. The van der Waals surface area contributed by atoms with Crippen LogP contribution in [0.25, 0.3) is 4.85 Å². The van der Waals surface area contributed by atoms with Gasteiger partial charge in [0.05, 0.1) is 0 Å². The Morgan fingerprint density at radius 3 is 2.50 bits per heavy atom. The highest BCUT2D eigenvalue weighted by atomic mass is 35.5. The standard InChI is InChI=1S/C9H8ClNO/c1-11-6-9(12)7-2-4-8(10)5-3-7/h2-5,9,12H,6H2. The first kappa shape index (κ1) is 9.05. The molecule has 1 unspecified atom stereocenters. The lowest BCUT2D eigenvalue weighted by Gasteiger charge is -2.03. The van der Waals surface area contributed by atoms with Crippen molar-refractivity contribution in [2.45, 2.75) is 6.10 Å². The van der Waals surface area contributed by atoms with Crippen molar-refractivity contribution >= 4 is 11.6 Å². The van der Waals surface area contributed by atoms with Gasteiger partial charge in [-0.15, -0.1) is 0 Å². The second-order valence-corrected chi connectivity index (χ2v) is 2.84. The van der Waals surface area contributed by atoms with Gasteiger partial charge in [0.2, 0.25) is 6.54 Å². The number of halogens is 1. The molecule has 62 valence electrons. The molecule has 0 aromatic heterocycles. The summed E-state index contributed by atoms with van der Waals surface area (Å²) < 4.78 is 0. The van der Waals surface area contributed by atoms with Gasteiger partial charge in [0.1, 0.15) is 0 Å². The fraction of sp³-hybridized carbons (Fsp3) is 0.222. The molecule has 0 saturated heterocycles. The number of benzene rings is 1. The molecule has 1 N–H and O–H groups in total. The highest BCUT2D eigenvalue weighted by molar-refractivity contribution is 6.30. The zero-order valence-corrected chi connectivity index (χ0v) is 7.12. The third-order valence-corrected chi connectivity index (χ3v) is 1.77. The van der Waals surface area contributed by atoms with Crippen molar-refractivity contribution in [1.29, 1.82) is 0 Å². The minimum Gasteiger partial charge on any atom is -0.381 e. The normalized spacial score (nSPS) is 12.1. The van der Waals surface area contributed by atoms with Crippen LogP contribution in [0.1, 0.15) is 11.7 Å². The van der Waals surface area contributed by atoms with Crippen LogP contribution >= 0.6 is 11.6 Å². The van der Waals surface area contributed by atoms with Gasteiger partial charge in [-0.3, -0.25) is 0 Å². The van der Waals surface area contributed by atoms with E-state index in [1.54, 1.807) is 24.3 Å². The van der Waals surface area contributed by atoms with Crippen LogP contribution in [0.15, 0.2) is 24.3 Å². The Hall–Kier alpha value is -1.04. The van der Waals surface area contributed by atoms with Gasteiger partial charge in [-0.1, -0.05) is 23.7 Å². The summed E-state index contributed by atoms with van der Waals surface area (Å²) in [6, 6.07) is 6.84. The number of aliphatic hydroxyl groups excluding tert-OH is 1. The smallest absolute Gasteiger partial charge is 0.244 e. The van der Waals surface area contributed by atoms with E-state index in [2.05, 4.69) is 4.85 Å². The van der Waals surface area contributed by atoms with E-state index in [4.69, 9.17) is 18.2 Å². The Morgan fingerprint density at radius 2 is 2.00 bits per heavy atom. The van der Waals surface area contributed by atoms with Gasteiger partial charge < -0.3 is 9.95 Å². The maximum absolute atomic E-state index is 9.35. The van der Waals surface area contributed by atoms with E-state index in [0.717, 1.165) is 5.56 Å². The summed E-state index contributed by atoms with van der Waals surface area (Å²) in [5.74, 6) is 0. The van der Waals surface area contributed by atoms with Crippen LogP contribution in [0.3, 0.4) is 0 Å². The fourth-order valence-corrected chi connectivity index (χ4v) is 1.00. The molecule has 0 heterocycles. The van der Waals surface area contributed by atoms with Gasteiger partial charge in [0, 0.05) is 5.02 Å². The number of hydrogen-bond donors (Lipinski definition) is 1. The molecule has 0 saturated carbocycles. The molecule has 12 heavy (non-hydrogen) atoms. The minimum absolute atomic E-state index is 0.0988. The first-order valence-electron chi connectivity index (χ1n) is 3.51.